The van der Waals surface area contributed by atoms with Crippen LogP contribution in [-0.4, -0.2) is 0 Å². The van der Waals surface area contributed by atoms with Crippen molar-refractivity contribution >= 4 is 23.2 Å². The summed E-state index contributed by atoms with van der Waals surface area (Å²) in [5.41, 5.74) is 2.24. The monoisotopic (exact) mass is 148 g/mol. The number of hydrogen-bond acceptors (Lipinski definition) is 0. The van der Waals surface area contributed by atoms with Crippen LogP contribution in [0.5, 0.6) is 0 Å². The topological polar surface area (TPSA) is 0 Å². The summed E-state index contributed by atoms with van der Waals surface area (Å²) in [5.74, 6) is 0. The van der Waals surface area contributed by atoms with Gasteiger partial charge in [0, 0.05) is 0 Å². The zero-order valence-electron chi connectivity index (χ0n) is 4.76. The highest BCUT2D eigenvalue weighted by atomic mass is 35.5. The molecule has 0 heterocycles. The third kappa shape index (κ3) is 0.602. The fraction of sp³-hybridized carbons (Fsp3) is 0.333. The van der Waals surface area contributed by atoms with E-state index in [1.807, 2.05) is 13.8 Å². The summed E-state index contributed by atoms with van der Waals surface area (Å²) >= 11 is 11.3. The molecule has 0 nitrogen and oxygen atoms in total. The molecule has 0 aromatic rings. The zero-order chi connectivity index (χ0) is 6.31. The summed E-state index contributed by atoms with van der Waals surface area (Å²) in [7, 11) is 0. The van der Waals surface area contributed by atoms with E-state index in [0.717, 1.165) is 21.2 Å². The molecular formula is C6H6Cl2. The van der Waals surface area contributed by atoms with Gasteiger partial charge in [0.05, 0.1) is 10.1 Å². The van der Waals surface area contributed by atoms with Crippen molar-refractivity contribution in [3.8, 4) is 0 Å². The van der Waals surface area contributed by atoms with Crippen molar-refractivity contribution in [3.63, 3.8) is 0 Å². The van der Waals surface area contributed by atoms with E-state index in [1.165, 1.54) is 0 Å². The molecule has 0 saturated heterocycles. The number of hydrogen-bond donors (Lipinski definition) is 0. The fourth-order valence-corrected chi connectivity index (χ4v) is 1.16. The Balaban J connectivity index is 2.86. The molecule has 0 aromatic carbocycles. The first kappa shape index (κ1) is 6.18. The molecule has 2 heteroatoms. The van der Waals surface area contributed by atoms with Crippen LogP contribution in [-0.2, 0) is 0 Å². The van der Waals surface area contributed by atoms with E-state index >= 15 is 0 Å². The first-order valence-corrected chi connectivity index (χ1v) is 3.13. The van der Waals surface area contributed by atoms with Crippen LogP contribution in [0.2, 0.25) is 0 Å². The lowest BCUT2D eigenvalue weighted by Gasteiger charge is -2.16. The first-order valence-electron chi connectivity index (χ1n) is 2.38. The van der Waals surface area contributed by atoms with Crippen molar-refractivity contribution in [1.82, 2.24) is 0 Å². The van der Waals surface area contributed by atoms with Crippen LogP contribution in [0, 0.1) is 0 Å². The third-order valence-corrected chi connectivity index (χ3v) is 2.46. The Morgan fingerprint density at radius 2 is 1.12 bits per heavy atom. The maximum atomic E-state index is 5.63. The number of allylic oxidation sites excluding steroid dienone is 4. The molecule has 0 saturated carbocycles. The van der Waals surface area contributed by atoms with E-state index in [-0.39, 0.29) is 0 Å². The van der Waals surface area contributed by atoms with Crippen molar-refractivity contribution in [1.29, 1.82) is 0 Å². The van der Waals surface area contributed by atoms with Crippen LogP contribution in [0.4, 0.5) is 0 Å². The molecule has 0 atom stereocenters. The fourth-order valence-electron chi connectivity index (χ4n) is 0.596. The molecule has 0 radical (unpaired) electrons. The lowest BCUT2D eigenvalue weighted by Crippen LogP contribution is -1.98. The summed E-state index contributed by atoms with van der Waals surface area (Å²) < 4.78 is 0. The van der Waals surface area contributed by atoms with Gasteiger partial charge >= 0.3 is 0 Å². The van der Waals surface area contributed by atoms with Gasteiger partial charge in [0.25, 0.3) is 0 Å². The zero-order valence-corrected chi connectivity index (χ0v) is 6.27. The standard InChI is InChI=1S/C6H6Cl2/c1-3-4(2)6(8)5(3)7/h1-2H3. The van der Waals surface area contributed by atoms with Crippen molar-refractivity contribution in [2.24, 2.45) is 0 Å². The van der Waals surface area contributed by atoms with Crippen LogP contribution in [0.1, 0.15) is 13.8 Å². The van der Waals surface area contributed by atoms with Gasteiger partial charge in [-0.05, 0) is 25.0 Å². The average molecular weight is 149 g/mol. The molecule has 44 valence electrons. The van der Waals surface area contributed by atoms with E-state index < -0.39 is 0 Å². The molecule has 0 unspecified atom stereocenters. The van der Waals surface area contributed by atoms with Crippen molar-refractivity contribution in [2.75, 3.05) is 0 Å². The second kappa shape index (κ2) is 1.78. The van der Waals surface area contributed by atoms with Gasteiger partial charge in [0.15, 0.2) is 0 Å². The minimum Gasteiger partial charge on any atom is -0.0824 e. The van der Waals surface area contributed by atoms with Gasteiger partial charge in [-0.15, -0.1) is 0 Å². The Labute approximate surface area is 58.8 Å². The summed E-state index contributed by atoms with van der Waals surface area (Å²) in [6.07, 6.45) is 0. The van der Waals surface area contributed by atoms with Crippen LogP contribution in [0.25, 0.3) is 0 Å². The molecule has 0 aliphatic heterocycles. The third-order valence-electron chi connectivity index (χ3n) is 1.41. The SMILES string of the molecule is CC1=C(C)C(Cl)=C1Cl. The maximum Gasteiger partial charge on any atom is 0.0627 e. The second-order valence-electron chi connectivity index (χ2n) is 1.88. The Kier molecular flexibility index (Phi) is 1.38. The Bertz CT molecular complexity index is 134. The van der Waals surface area contributed by atoms with Gasteiger partial charge in [0.1, 0.15) is 0 Å². The van der Waals surface area contributed by atoms with Crippen molar-refractivity contribution < 1.29 is 0 Å². The Morgan fingerprint density at radius 1 is 0.875 bits per heavy atom. The number of rotatable bonds is 0. The Hall–Kier alpha value is 0.0600. The molecule has 0 spiro atoms. The minimum atomic E-state index is 0.726. The van der Waals surface area contributed by atoms with Gasteiger partial charge in [-0.1, -0.05) is 23.2 Å². The summed E-state index contributed by atoms with van der Waals surface area (Å²) in [6.45, 7) is 3.92. The highest BCUT2D eigenvalue weighted by molar-refractivity contribution is 6.44. The van der Waals surface area contributed by atoms with E-state index in [9.17, 15) is 0 Å². The lowest BCUT2D eigenvalue weighted by atomic mass is 10.0. The highest BCUT2D eigenvalue weighted by Gasteiger charge is 2.18. The highest BCUT2D eigenvalue weighted by Crippen LogP contribution is 2.39. The lowest BCUT2D eigenvalue weighted by molar-refractivity contribution is 1.26. The maximum absolute atomic E-state index is 5.63. The van der Waals surface area contributed by atoms with Crippen LogP contribution < -0.4 is 0 Å². The molecule has 0 N–H and O–H groups in total. The minimum absolute atomic E-state index is 0.726. The van der Waals surface area contributed by atoms with Gasteiger partial charge in [-0.25, -0.2) is 0 Å². The van der Waals surface area contributed by atoms with Crippen LogP contribution >= 0.6 is 23.2 Å². The normalized spacial score (nSPS) is 19.5. The molecular weight excluding hydrogens is 143 g/mol. The molecule has 0 amide bonds. The predicted molar refractivity (Wildman–Crippen MR) is 37.1 cm³/mol. The molecule has 0 fully saturated rings. The molecule has 1 aliphatic carbocycles. The van der Waals surface area contributed by atoms with Gasteiger partial charge in [-0.3, -0.25) is 0 Å². The molecule has 1 rings (SSSR count). The summed E-state index contributed by atoms with van der Waals surface area (Å²) in [4.78, 5) is 0. The Morgan fingerprint density at radius 3 is 1.25 bits per heavy atom. The quantitative estimate of drug-likeness (QED) is 0.496. The van der Waals surface area contributed by atoms with E-state index in [1.54, 1.807) is 0 Å². The molecule has 1 aliphatic rings. The van der Waals surface area contributed by atoms with Crippen LogP contribution in [0.15, 0.2) is 21.2 Å². The van der Waals surface area contributed by atoms with E-state index in [2.05, 4.69) is 0 Å². The van der Waals surface area contributed by atoms with Gasteiger partial charge in [0.2, 0.25) is 0 Å². The van der Waals surface area contributed by atoms with Crippen molar-refractivity contribution in [3.05, 3.63) is 21.2 Å². The van der Waals surface area contributed by atoms with Crippen molar-refractivity contribution in [2.45, 2.75) is 13.8 Å². The first-order chi connectivity index (χ1) is 3.64. The average Bonchev–Trinajstić information content (AvgIpc) is 1.83. The van der Waals surface area contributed by atoms with E-state index in [4.69, 9.17) is 23.2 Å². The summed E-state index contributed by atoms with van der Waals surface area (Å²) in [6, 6.07) is 0. The molecule has 8 heavy (non-hydrogen) atoms. The van der Waals surface area contributed by atoms with Gasteiger partial charge < -0.3 is 0 Å². The second-order valence-corrected chi connectivity index (χ2v) is 2.63. The van der Waals surface area contributed by atoms with Crippen LogP contribution in [0.3, 0.4) is 0 Å². The predicted octanol–water partition coefficient (Wildman–Crippen LogP) is 3.03. The van der Waals surface area contributed by atoms with E-state index in [0.29, 0.717) is 0 Å². The smallest absolute Gasteiger partial charge is 0.0627 e. The molecule has 0 aromatic heterocycles. The number of halogens is 2. The van der Waals surface area contributed by atoms with Gasteiger partial charge in [-0.2, -0.15) is 0 Å². The summed E-state index contributed by atoms with van der Waals surface area (Å²) in [5, 5.41) is 1.45. The largest absolute Gasteiger partial charge is 0.0824 e. The molecule has 0 bridgehead atoms.